The standard InChI is InChI=1S/C60H42N2O/c1-3-17-47(48-24-16-28-54-58(48)63-57-29-15-14-27-53(57)60(54)51-25-12-10-22-49(51)50-23-11-13-26-52(50)60)38-40(2)59-61-55(45-34-30-43(31-35-45)41-18-6-4-7-19-41)39-56(62-59)46-36-32-44(33-37-46)42-20-8-5-9-21-42/h3-39H,1H2,2H3/b40-38+,47-17+. The van der Waals surface area contributed by atoms with Crippen molar-refractivity contribution in [3.8, 4) is 67.4 Å². The van der Waals surface area contributed by atoms with Gasteiger partial charge >= 0.3 is 0 Å². The van der Waals surface area contributed by atoms with Gasteiger partial charge in [0.05, 0.1) is 16.8 Å². The lowest BCUT2D eigenvalue weighted by Crippen LogP contribution is -2.32. The molecule has 0 fully saturated rings. The third-order valence-corrected chi connectivity index (χ3v) is 12.5. The Morgan fingerprint density at radius 2 is 0.937 bits per heavy atom. The fraction of sp³-hybridized carbons (Fsp3) is 0.0333. The number of ether oxygens (including phenoxy) is 1. The molecule has 0 radical (unpaired) electrons. The molecule has 9 aromatic rings. The Bertz CT molecular complexity index is 3110. The van der Waals surface area contributed by atoms with E-state index in [-0.39, 0.29) is 0 Å². The summed E-state index contributed by atoms with van der Waals surface area (Å²) in [4.78, 5) is 10.5. The van der Waals surface area contributed by atoms with E-state index in [4.69, 9.17) is 14.7 Å². The van der Waals surface area contributed by atoms with Crippen LogP contribution in [0.4, 0.5) is 0 Å². The summed E-state index contributed by atoms with van der Waals surface area (Å²) >= 11 is 0. The summed E-state index contributed by atoms with van der Waals surface area (Å²) < 4.78 is 7.04. The van der Waals surface area contributed by atoms with E-state index in [2.05, 4.69) is 220 Å². The molecular formula is C60H42N2O. The van der Waals surface area contributed by atoms with Crippen molar-refractivity contribution < 1.29 is 4.74 Å². The van der Waals surface area contributed by atoms with Crippen LogP contribution in [0.15, 0.2) is 231 Å². The maximum atomic E-state index is 7.04. The van der Waals surface area contributed by atoms with E-state index in [1.54, 1.807) is 0 Å². The zero-order valence-electron chi connectivity index (χ0n) is 34.9. The second-order valence-corrected chi connectivity index (χ2v) is 16.2. The molecule has 0 atom stereocenters. The quantitative estimate of drug-likeness (QED) is 0.143. The first-order chi connectivity index (χ1) is 31.1. The Kier molecular flexibility index (Phi) is 9.44. The highest BCUT2D eigenvalue weighted by Crippen LogP contribution is 2.62. The number of fused-ring (bicyclic) bond motifs is 9. The number of nitrogens with zero attached hydrogens (tertiary/aromatic N) is 2. The Balaban J connectivity index is 1.05. The molecule has 0 amide bonds. The van der Waals surface area contributed by atoms with Crippen LogP contribution in [-0.4, -0.2) is 9.97 Å². The predicted octanol–water partition coefficient (Wildman–Crippen LogP) is 15.3. The summed E-state index contributed by atoms with van der Waals surface area (Å²) in [7, 11) is 0. The average molecular weight is 807 g/mol. The monoisotopic (exact) mass is 806 g/mol. The Labute approximate surface area is 368 Å². The number of benzene rings is 8. The third kappa shape index (κ3) is 6.45. The van der Waals surface area contributed by atoms with Crippen molar-refractivity contribution in [2.24, 2.45) is 0 Å². The molecule has 2 aliphatic rings. The first-order valence-corrected chi connectivity index (χ1v) is 21.4. The number of hydrogen-bond donors (Lipinski definition) is 0. The van der Waals surface area contributed by atoms with Crippen LogP contribution >= 0.6 is 0 Å². The van der Waals surface area contributed by atoms with Crippen LogP contribution in [0.1, 0.15) is 40.6 Å². The molecule has 2 heterocycles. The SMILES string of the molecule is C=C/C=C(\C=C(/C)c1nc(-c2ccc(-c3ccccc3)cc2)cc(-c2ccc(-c3ccccc3)cc2)n1)c1cccc2c1Oc1ccccc1C21c2ccccc2-c2ccccc21. The Morgan fingerprint density at radius 1 is 0.476 bits per heavy atom. The number of rotatable bonds is 8. The van der Waals surface area contributed by atoms with Gasteiger partial charge in [-0.05, 0) is 80.8 Å². The maximum Gasteiger partial charge on any atom is 0.156 e. The maximum absolute atomic E-state index is 7.04. The summed E-state index contributed by atoms with van der Waals surface area (Å²) in [5.41, 5.74) is 17.9. The fourth-order valence-electron chi connectivity index (χ4n) is 9.59. The van der Waals surface area contributed by atoms with Crippen molar-refractivity contribution in [3.63, 3.8) is 0 Å². The van der Waals surface area contributed by atoms with Crippen molar-refractivity contribution in [1.82, 2.24) is 9.97 Å². The molecule has 3 nitrogen and oxygen atoms in total. The molecule has 1 aliphatic heterocycles. The molecule has 1 aliphatic carbocycles. The molecule has 0 N–H and O–H groups in total. The van der Waals surface area contributed by atoms with Crippen LogP contribution in [0, 0.1) is 0 Å². The first kappa shape index (κ1) is 37.8. The molecule has 0 unspecified atom stereocenters. The van der Waals surface area contributed by atoms with Gasteiger partial charge in [-0.3, -0.25) is 0 Å². The van der Waals surface area contributed by atoms with Crippen molar-refractivity contribution in [1.29, 1.82) is 0 Å². The van der Waals surface area contributed by atoms with Gasteiger partial charge < -0.3 is 4.74 Å². The van der Waals surface area contributed by atoms with Gasteiger partial charge in [0.15, 0.2) is 5.82 Å². The molecule has 8 aromatic carbocycles. The molecule has 11 rings (SSSR count). The number of para-hydroxylation sites is 2. The van der Waals surface area contributed by atoms with Crippen LogP contribution in [0.25, 0.3) is 67.0 Å². The largest absolute Gasteiger partial charge is 0.456 e. The highest BCUT2D eigenvalue weighted by atomic mass is 16.5. The minimum atomic E-state index is -0.566. The summed E-state index contributed by atoms with van der Waals surface area (Å²) in [6.45, 7) is 6.26. The van der Waals surface area contributed by atoms with Crippen molar-refractivity contribution >= 4 is 11.1 Å². The highest BCUT2D eigenvalue weighted by Gasteiger charge is 2.51. The van der Waals surface area contributed by atoms with Gasteiger partial charge in [-0.15, -0.1) is 0 Å². The van der Waals surface area contributed by atoms with Crippen molar-refractivity contribution in [2.45, 2.75) is 12.3 Å². The van der Waals surface area contributed by atoms with Crippen molar-refractivity contribution in [2.75, 3.05) is 0 Å². The number of aromatic nitrogens is 2. The Morgan fingerprint density at radius 3 is 1.49 bits per heavy atom. The van der Waals surface area contributed by atoms with Crippen LogP contribution in [0.3, 0.4) is 0 Å². The summed E-state index contributed by atoms with van der Waals surface area (Å²) in [5, 5.41) is 0. The minimum Gasteiger partial charge on any atom is -0.456 e. The lowest BCUT2D eigenvalue weighted by molar-refractivity contribution is 0.435. The Hall–Kier alpha value is -8.14. The molecule has 1 spiro atoms. The number of hydrogen-bond acceptors (Lipinski definition) is 3. The van der Waals surface area contributed by atoms with Gasteiger partial charge in [-0.2, -0.15) is 0 Å². The predicted molar refractivity (Wildman–Crippen MR) is 259 cm³/mol. The molecule has 0 saturated heterocycles. The van der Waals surface area contributed by atoms with E-state index < -0.39 is 5.41 Å². The third-order valence-electron chi connectivity index (χ3n) is 12.5. The van der Waals surface area contributed by atoms with Gasteiger partial charge in [0.25, 0.3) is 0 Å². The zero-order chi connectivity index (χ0) is 42.3. The van der Waals surface area contributed by atoms with Gasteiger partial charge in [-0.25, -0.2) is 9.97 Å². The normalized spacial score (nSPS) is 13.3. The summed E-state index contributed by atoms with van der Waals surface area (Å²) in [5.74, 6) is 2.31. The van der Waals surface area contributed by atoms with E-state index in [1.165, 1.54) is 33.4 Å². The smallest absolute Gasteiger partial charge is 0.156 e. The van der Waals surface area contributed by atoms with E-state index >= 15 is 0 Å². The van der Waals surface area contributed by atoms with Crippen LogP contribution < -0.4 is 4.74 Å². The summed E-state index contributed by atoms with van der Waals surface area (Å²) in [6, 6.07) is 73.0. The molecular weight excluding hydrogens is 765 g/mol. The molecule has 0 saturated carbocycles. The van der Waals surface area contributed by atoms with Crippen LogP contribution in [-0.2, 0) is 5.41 Å². The van der Waals surface area contributed by atoms with Crippen LogP contribution in [0.5, 0.6) is 11.5 Å². The second kappa shape index (κ2) is 15.7. The van der Waals surface area contributed by atoms with E-state index in [0.29, 0.717) is 5.82 Å². The molecule has 298 valence electrons. The van der Waals surface area contributed by atoms with E-state index in [9.17, 15) is 0 Å². The lowest BCUT2D eigenvalue weighted by Gasteiger charge is -2.40. The van der Waals surface area contributed by atoms with Gasteiger partial charge in [0, 0.05) is 27.8 Å². The topological polar surface area (TPSA) is 35.0 Å². The van der Waals surface area contributed by atoms with Crippen molar-refractivity contribution in [3.05, 3.63) is 265 Å². The lowest BCUT2D eigenvalue weighted by atomic mass is 9.65. The van der Waals surface area contributed by atoms with E-state index in [1.807, 2.05) is 18.2 Å². The molecule has 0 bridgehead atoms. The van der Waals surface area contributed by atoms with Gasteiger partial charge in [-0.1, -0.05) is 213 Å². The minimum absolute atomic E-state index is 0.566. The van der Waals surface area contributed by atoms with Gasteiger partial charge in [0.2, 0.25) is 0 Å². The van der Waals surface area contributed by atoms with Crippen LogP contribution in [0.2, 0.25) is 0 Å². The molecule has 3 heteroatoms. The molecule has 1 aromatic heterocycles. The number of allylic oxidation sites excluding steroid dienone is 5. The summed E-state index contributed by atoms with van der Waals surface area (Å²) in [6.07, 6.45) is 6.07. The second-order valence-electron chi connectivity index (χ2n) is 16.2. The highest BCUT2D eigenvalue weighted by molar-refractivity contribution is 5.92. The van der Waals surface area contributed by atoms with E-state index in [0.717, 1.165) is 73.0 Å². The molecule has 63 heavy (non-hydrogen) atoms. The van der Waals surface area contributed by atoms with Gasteiger partial charge in [0.1, 0.15) is 11.5 Å². The fourth-order valence-corrected chi connectivity index (χ4v) is 9.59. The first-order valence-electron chi connectivity index (χ1n) is 21.4. The zero-order valence-corrected chi connectivity index (χ0v) is 34.9. The average Bonchev–Trinajstić information content (AvgIpc) is 3.64.